The number of ether oxygens (including phenoxy) is 1. The van der Waals surface area contributed by atoms with Gasteiger partial charge in [0.05, 0.1) is 35.8 Å². The van der Waals surface area contributed by atoms with Crippen LogP contribution in [0.1, 0.15) is 11.5 Å². The van der Waals surface area contributed by atoms with Gasteiger partial charge in [-0.25, -0.2) is 9.37 Å². The van der Waals surface area contributed by atoms with Crippen LogP contribution in [0.25, 0.3) is 33.7 Å². The van der Waals surface area contributed by atoms with E-state index in [-0.39, 0.29) is 5.82 Å². The number of nitrogens with zero attached hydrogens (tertiary/aromatic N) is 5. The van der Waals surface area contributed by atoms with E-state index in [2.05, 4.69) is 37.5 Å². The molecule has 0 radical (unpaired) electrons. The van der Waals surface area contributed by atoms with Gasteiger partial charge in [0.25, 0.3) is 0 Å². The lowest BCUT2D eigenvalue weighted by molar-refractivity contribution is 0.122. The van der Waals surface area contributed by atoms with Gasteiger partial charge in [0.1, 0.15) is 5.82 Å². The number of hydrogen-bond donors (Lipinski definition) is 1. The smallest absolute Gasteiger partial charge is 0.247 e. The van der Waals surface area contributed by atoms with E-state index in [1.54, 1.807) is 19.2 Å². The SMILES string of the molecule is Cc1nnc(-c2cc(Nc3c(C)c(-c4ccccn4)nc4cc(F)ccc34)cc(N3CCOCC3)c2)o1. The summed E-state index contributed by atoms with van der Waals surface area (Å²) < 4.78 is 25.5. The van der Waals surface area contributed by atoms with E-state index in [0.717, 1.165) is 52.4 Å². The van der Waals surface area contributed by atoms with Crippen LogP contribution in [0.3, 0.4) is 0 Å². The Balaban J connectivity index is 1.51. The maximum atomic E-state index is 14.2. The van der Waals surface area contributed by atoms with Crippen LogP contribution in [0.4, 0.5) is 21.5 Å². The highest BCUT2D eigenvalue weighted by Crippen LogP contribution is 2.37. The molecule has 1 N–H and O–H groups in total. The third kappa shape index (κ3) is 4.61. The second-order valence-electron chi connectivity index (χ2n) is 8.96. The normalized spacial score (nSPS) is 13.8. The molecule has 0 aliphatic carbocycles. The van der Waals surface area contributed by atoms with Crippen molar-refractivity contribution >= 4 is 28.0 Å². The average molecular weight is 497 g/mol. The minimum absolute atomic E-state index is 0.342. The van der Waals surface area contributed by atoms with Crippen molar-refractivity contribution in [2.45, 2.75) is 13.8 Å². The van der Waals surface area contributed by atoms with Crippen molar-refractivity contribution in [2.75, 3.05) is 36.5 Å². The second kappa shape index (κ2) is 9.59. The Morgan fingerprint density at radius 1 is 0.973 bits per heavy atom. The average Bonchev–Trinajstić information content (AvgIpc) is 3.37. The number of anilines is 3. The number of pyridine rings is 2. The van der Waals surface area contributed by atoms with Gasteiger partial charge >= 0.3 is 0 Å². The van der Waals surface area contributed by atoms with Crippen molar-refractivity contribution in [3.63, 3.8) is 0 Å². The quantitative estimate of drug-likeness (QED) is 0.332. The molecule has 0 spiro atoms. The lowest BCUT2D eigenvalue weighted by Crippen LogP contribution is -2.36. The number of aryl methyl sites for hydroxylation is 1. The molecule has 0 atom stereocenters. The number of morpholine rings is 1. The van der Waals surface area contributed by atoms with Gasteiger partial charge in [0, 0.05) is 60.2 Å². The number of halogens is 1. The van der Waals surface area contributed by atoms with Crippen LogP contribution in [-0.4, -0.2) is 46.5 Å². The van der Waals surface area contributed by atoms with Gasteiger partial charge in [-0.15, -0.1) is 10.2 Å². The zero-order valence-electron chi connectivity index (χ0n) is 20.5. The molecule has 3 aromatic heterocycles. The Bertz CT molecular complexity index is 1580. The van der Waals surface area contributed by atoms with Crippen molar-refractivity contribution in [1.82, 2.24) is 20.2 Å². The number of aromatic nitrogens is 4. The van der Waals surface area contributed by atoms with E-state index in [1.165, 1.54) is 12.1 Å². The van der Waals surface area contributed by atoms with Crippen LogP contribution in [-0.2, 0) is 4.74 Å². The molecule has 0 unspecified atom stereocenters. The lowest BCUT2D eigenvalue weighted by Gasteiger charge is -2.29. The first-order chi connectivity index (χ1) is 18.0. The predicted octanol–water partition coefficient (Wildman–Crippen LogP) is 5.68. The molecule has 4 heterocycles. The first kappa shape index (κ1) is 23.1. The van der Waals surface area contributed by atoms with E-state index in [1.807, 2.05) is 31.2 Å². The molecule has 1 aliphatic rings. The summed E-state index contributed by atoms with van der Waals surface area (Å²) in [6, 6.07) is 16.4. The summed E-state index contributed by atoms with van der Waals surface area (Å²) in [5.41, 5.74) is 6.36. The van der Waals surface area contributed by atoms with Crippen LogP contribution >= 0.6 is 0 Å². The standard InChI is InChI=1S/C28H25FN6O2/c1-17-26(23-7-6-20(29)15-25(23)32-27(17)24-5-3-4-8-30-24)31-21-13-19(28-34-33-18(2)37-28)14-22(16-21)35-9-11-36-12-10-35/h3-8,13-16H,9-12H2,1-2H3,(H,31,32). The number of hydrogen-bond acceptors (Lipinski definition) is 8. The summed E-state index contributed by atoms with van der Waals surface area (Å²) in [7, 11) is 0. The van der Waals surface area contributed by atoms with Crippen molar-refractivity contribution in [1.29, 1.82) is 0 Å². The van der Waals surface area contributed by atoms with Gasteiger partial charge in [0.2, 0.25) is 11.8 Å². The number of benzene rings is 2. The minimum atomic E-state index is -0.342. The molecule has 1 aliphatic heterocycles. The molecular formula is C28H25FN6O2. The summed E-state index contributed by atoms with van der Waals surface area (Å²) >= 11 is 0. The highest BCUT2D eigenvalue weighted by atomic mass is 19.1. The third-order valence-electron chi connectivity index (χ3n) is 6.44. The van der Waals surface area contributed by atoms with Crippen LogP contribution in [0.5, 0.6) is 0 Å². The van der Waals surface area contributed by atoms with Crippen LogP contribution in [0.2, 0.25) is 0 Å². The molecule has 186 valence electrons. The van der Waals surface area contributed by atoms with Crippen LogP contribution in [0.15, 0.2) is 65.2 Å². The molecule has 1 saturated heterocycles. The molecule has 1 fully saturated rings. The van der Waals surface area contributed by atoms with Crippen molar-refractivity contribution in [3.05, 3.63) is 78.1 Å². The van der Waals surface area contributed by atoms with E-state index in [9.17, 15) is 4.39 Å². The summed E-state index contributed by atoms with van der Waals surface area (Å²) in [5.74, 6) is 0.604. The summed E-state index contributed by atoms with van der Waals surface area (Å²) in [4.78, 5) is 11.5. The molecule has 37 heavy (non-hydrogen) atoms. The van der Waals surface area contributed by atoms with Gasteiger partial charge in [0.15, 0.2) is 0 Å². The van der Waals surface area contributed by atoms with Gasteiger partial charge in [-0.05, 0) is 49.4 Å². The van der Waals surface area contributed by atoms with Gasteiger partial charge in [-0.2, -0.15) is 0 Å². The largest absolute Gasteiger partial charge is 0.421 e. The number of nitrogens with one attached hydrogen (secondary N) is 1. The molecule has 8 nitrogen and oxygen atoms in total. The van der Waals surface area contributed by atoms with Gasteiger partial charge in [-0.1, -0.05) is 6.07 Å². The molecule has 0 amide bonds. The monoisotopic (exact) mass is 496 g/mol. The first-order valence-electron chi connectivity index (χ1n) is 12.1. The highest BCUT2D eigenvalue weighted by Gasteiger charge is 2.19. The number of fused-ring (bicyclic) bond motifs is 1. The Hall–Kier alpha value is -4.37. The summed E-state index contributed by atoms with van der Waals surface area (Å²) in [6.07, 6.45) is 1.73. The third-order valence-corrected chi connectivity index (χ3v) is 6.44. The fourth-order valence-corrected chi connectivity index (χ4v) is 4.62. The number of rotatable bonds is 5. The Kier molecular flexibility index (Phi) is 5.97. The minimum Gasteiger partial charge on any atom is -0.421 e. The first-order valence-corrected chi connectivity index (χ1v) is 12.1. The maximum absolute atomic E-state index is 14.2. The van der Waals surface area contributed by atoms with Crippen LogP contribution < -0.4 is 10.2 Å². The van der Waals surface area contributed by atoms with Crippen molar-refractivity contribution in [2.24, 2.45) is 0 Å². The molecule has 5 aromatic rings. The van der Waals surface area contributed by atoms with Gasteiger partial charge < -0.3 is 19.4 Å². The Morgan fingerprint density at radius 3 is 2.59 bits per heavy atom. The van der Waals surface area contributed by atoms with E-state index >= 15 is 0 Å². The molecule has 2 aromatic carbocycles. The van der Waals surface area contributed by atoms with E-state index in [0.29, 0.717) is 36.2 Å². The molecular weight excluding hydrogens is 471 g/mol. The Labute approximate surface area is 213 Å². The summed E-state index contributed by atoms with van der Waals surface area (Å²) in [5, 5.41) is 12.7. The van der Waals surface area contributed by atoms with Crippen molar-refractivity contribution in [3.8, 4) is 22.8 Å². The second-order valence-corrected chi connectivity index (χ2v) is 8.96. The van der Waals surface area contributed by atoms with Crippen LogP contribution in [0, 0.1) is 19.7 Å². The molecule has 6 rings (SSSR count). The zero-order chi connectivity index (χ0) is 25.4. The fraction of sp³-hybridized carbons (Fsp3) is 0.214. The van der Waals surface area contributed by atoms with E-state index in [4.69, 9.17) is 14.1 Å². The Morgan fingerprint density at radius 2 is 1.84 bits per heavy atom. The molecule has 0 bridgehead atoms. The lowest BCUT2D eigenvalue weighted by atomic mass is 10.0. The van der Waals surface area contributed by atoms with Gasteiger partial charge in [-0.3, -0.25) is 4.98 Å². The highest BCUT2D eigenvalue weighted by molar-refractivity contribution is 5.98. The zero-order valence-corrected chi connectivity index (χ0v) is 20.5. The molecule has 9 heteroatoms. The fourth-order valence-electron chi connectivity index (χ4n) is 4.62. The van der Waals surface area contributed by atoms with E-state index < -0.39 is 0 Å². The topological polar surface area (TPSA) is 89.2 Å². The van der Waals surface area contributed by atoms with Crippen molar-refractivity contribution < 1.29 is 13.5 Å². The summed E-state index contributed by atoms with van der Waals surface area (Å²) in [6.45, 7) is 6.67. The predicted molar refractivity (Wildman–Crippen MR) is 140 cm³/mol. The maximum Gasteiger partial charge on any atom is 0.247 e. The molecule has 0 saturated carbocycles.